The maximum atomic E-state index is 6.10. The van der Waals surface area contributed by atoms with Crippen LogP contribution in [0.4, 0.5) is 5.69 Å². The monoisotopic (exact) mass is 257 g/mol. The van der Waals surface area contributed by atoms with Crippen molar-refractivity contribution in [3.8, 4) is 0 Å². The van der Waals surface area contributed by atoms with Crippen LogP contribution >= 0.6 is 0 Å². The molecule has 0 spiro atoms. The lowest BCUT2D eigenvalue weighted by molar-refractivity contribution is 0.145. The molecule has 3 heterocycles. The first-order valence-electron chi connectivity index (χ1n) is 7.67. The number of nitrogens with zero attached hydrogens (tertiary/aromatic N) is 2. The van der Waals surface area contributed by atoms with E-state index in [0.717, 1.165) is 30.7 Å². The zero-order valence-electron chi connectivity index (χ0n) is 11.5. The SMILES string of the molecule is Nc1cccc2c1CCN(C1CCN3CCCC13)C2. The van der Waals surface area contributed by atoms with E-state index in [0.29, 0.717) is 0 Å². The molecule has 1 aromatic carbocycles. The van der Waals surface area contributed by atoms with Gasteiger partial charge in [-0.2, -0.15) is 0 Å². The molecular weight excluding hydrogens is 234 g/mol. The molecule has 2 saturated heterocycles. The smallest absolute Gasteiger partial charge is 0.0350 e. The van der Waals surface area contributed by atoms with Gasteiger partial charge in [0.15, 0.2) is 0 Å². The van der Waals surface area contributed by atoms with Gasteiger partial charge in [-0.1, -0.05) is 12.1 Å². The summed E-state index contributed by atoms with van der Waals surface area (Å²) in [5.74, 6) is 0. The van der Waals surface area contributed by atoms with E-state index >= 15 is 0 Å². The zero-order valence-corrected chi connectivity index (χ0v) is 11.5. The minimum absolute atomic E-state index is 0.789. The van der Waals surface area contributed by atoms with Crippen LogP contribution in [0.5, 0.6) is 0 Å². The minimum atomic E-state index is 0.789. The van der Waals surface area contributed by atoms with Gasteiger partial charge in [-0.3, -0.25) is 9.80 Å². The second-order valence-corrected chi connectivity index (χ2v) is 6.31. The van der Waals surface area contributed by atoms with Crippen LogP contribution in [0, 0.1) is 0 Å². The molecule has 2 fully saturated rings. The van der Waals surface area contributed by atoms with Crippen LogP contribution < -0.4 is 5.73 Å². The van der Waals surface area contributed by atoms with Crippen LogP contribution in [0.2, 0.25) is 0 Å². The van der Waals surface area contributed by atoms with E-state index in [1.54, 1.807) is 0 Å². The molecule has 102 valence electrons. The lowest BCUT2D eigenvalue weighted by atomic mass is 9.95. The van der Waals surface area contributed by atoms with E-state index in [-0.39, 0.29) is 0 Å². The summed E-state index contributed by atoms with van der Waals surface area (Å²) in [7, 11) is 0. The second-order valence-electron chi connectivity index (χ2n) is 6.31. The fourth-order valence-electron chi connectivity index (χ4n) is 4.43. The molecule has 0 aromatic heterocycles. The van der Waals surface area contributed by atoms with Crippen molar-refractivity contribution in [2.24, 2.45) is 0 Å². The molecule has 2 atom stereocenters. The highest BCUT2D eigenvalue weighted by Gasteiger charge is 2.40. The van der Waals surface area contributed by atoms with E-state index < -0.39 is 0 Å². The van der Waals surface area contributed by atoms with Crippen molar-refractivity contribution in [2.45, 2.75) is 44.3 Å². The van der Waals surface area contributed by atoms with Crippen molar-refractivity contribution in [1.29, 1.82) is 0 Å². The van der Waals surface area contributed by atoms with Crippen molar-refractivity contribution in [2.75, 3.05) is 25.4 Å². The summed E-state index contributed by atoms with van der Waals surface area (Å²) in [6.07, 6.45) is 5.30. The zero-order chi connectivity index (χ0) is 12.8. The van der Waals surface area contributed by atoms with Gasteiger partial charge in [0.2, 0.25) is 0 Å². The number of rotatable bonds is 1. The van der Waals surface area contributed by atoms with Gasteiger partial charge in [0.25, 0.3) is 0 Å². The molecule has 19 heavy (non-hydrogen) atoms. The Bertz CT molecular complexity index is 485. The predicted molar refractivity (Wildman–Crippen MR) is 78.0 cm³/mol. The molecule has 2 N–H and O–H groups in total. The molecule has 3 heteroatoms. The number of hydrogen-bond acceptors (Lipinski definition) is 3. The third-order valence-corrected chi connectivity index (χ3v) is 5.37. The molecule has 0 aliphatic carbocycles. The average molecular weight is 257 g/mol. The fourth-order valence-corrected chi connectivity index (χ4v) is 4.43. The first-order valence-corrected chi connectivity index (χ1v) is 7.67. The molecule has 2 unspecified atom stereocenters. The summed E-state index contributed by atoms with van der Waals surface area (Å²) < 4.78 is 0. The summed E-state index contributed by atoms with van der Waals surface area (Å²) in [5.41, 5.74) is 9.95. The topological polar surface area (TPSA) is 32.5 Å². The minimum Gasteiger partial charge on any atom is -0.398 e. The summed E-state index contributed by atoms with van der Waals surface area (Å²) in [5, 5.41) is 0. The van der Waals surface area contributed by atoms with Crippen LogP contribution in [0.3, 0.4) is 0 Å². The van der Waals surface area contributed by atoms with Crippen molar-refractivity contribution in [1.82, 2.24) is 9.80 Å². The normalized spacial score (nSPS) is 31.4. The van der Waals surface area contributed by atoms with Gasteiger partial charge in [-0.25, -0.2) is 0 Å². The van der Waals surface area contributed by atoms with Crippen molar-refractivity contribution < 1.29 is 0 Å². The Hall–Kier alpha value is -1.06. The fraction of sp³-hybridized carbons (Fsp3) is 0.625. The average Bonchev–Trinajstić information content (AvgIpc) is 3.01. The lowest BCUT2D eigenvalue weighted by Crippen LogP contribution is -2.45. The maximum absolute atomic E-state index is 6.10. The molecule has 4 rings (SSSR count). The number of anilines is 1. The van der Waals surface area contributed by atoms with Crippen LogP contribution in [0.25, 0.3) is 0 Å². The van der Waals surface area contributed by atoms with E-state index in [2.05, 4.69) is 21.9 Å². The third-order valence-electron chi connectivity index (χ3n) is 5.37. The molecule has 0 amide bonds. The van der Waals surface area contributed by atoms with Crippen LogP contribution in [-0.4, -0.2) is 41.5 Å². The Labute approximate surface area is 115 Å². The van der Waals surface area contributed by atoms with Gasteiger partial charge in [0.1, 0.15) is 0 Å². The maximum Gasteiger partial charge on any atom is 0.0350 e. The van der Waals surface area contributed by atoms with Crippen LogP contribution in [0.15, 0.2) is 18.2 Å². The summed E-state index contributed by atoms with van der Waals surface area (Å²) in [6, 6.07) is 8.04. The van der Waals surface area contributed by atoms with Crippen LogP contribution in [0.1, 0.15) is 30.4 Å². The van der Waals surface area contributed by atoms with Gasteiger partial charge >= 0.3 is 0 Å². The van der Waals surface area contributed by atoms with Crippen molar-refractivity contribution >= 4 is 5.69 Å². The highest BCUT2D eigenvalue weighted by molar-refractivity contribution is 5.51. The molecule has 3 aliphatic rings. The van der Waals surface area contributed by atoms with Gasteiger partial charge in [-0.15, -0.1) is 0 Å². The molecule has 0 bridgehead atoms. The first kappa shape index (κ1) is 11.7. The van der Waals surface area contributed by atoms with E-state index in [1.165, 1.54) is 50.0 Å². The first-order chi connectivity index (χ1) is 9.33. The number of benzene rings is 1. The van der Waals surface area contributed by atoms with E-state index in [4.69, 9.17) is 5.73 Å². The number of nitrogens with two attached hydrogens (primary N) is 1. The third kappa shape index (κ3) is 1.87. The van der Waals surface area contributed by atoms with Crippen molar-refractivity contribution in [3.05, 3.63) is 29.3 Å². The summed E-state index contributed by atoms with van der Waals surface area (Å²) in [4.78, 5) is 5.43. The quantitative estimate of drug-likeness (QED) is 0.780. The molecule has 1 aromatic rings. The molecule has 3 aliphatic heterocycles. The second kappa shape index (κ2) is 4.50. The highest BCUT2D eigenvalue weighted by atomic mass is 15.3. The van der Waals surface area contributed by atoms with Crippen LogP contribution in [-0.2, 0) is 13.0 Å². The van der Waals surface area contributed by atoms with Gasteiger partial charge in [0.05, 0.1) is 0 Å². The Kier molecular flexibility index (Phi) is 2.78. The largest absolute Gasteiger partial charge is 0.398 e. The Morgan fingerprint density at radius 2 is 1.89 bits per heavy atom. The standard InChI is InChI=1S/C16H23N3/c17-14-4-1-3-12-11-19(9-6-13(12)14)16-7-10-18-8-2-5-15(16)18/h1,3-4,15-16H,2,5-11,17H2. The van der Waals surface area contributed by atoms with E-state index in [1.807, 2.05) is 6.07 Å². The Morgan fingerprint density at radius 1 is 1.00 bits per heavy atom. The van der Waals surface area contributed by atoms with Gasteiger partial charge < -0.3 is 5.73 Å². The summed E-state index contributed by atoms with van der Waals surface area (Å²) >= 11 is 0. The number of hydrogen-bond donors (Lipinski definition) is 1. The van der Waals surface area contributed by atoms with E-state index in [9.17, 15) is 0 Å². The highest BCUT2D eigenvalue weighted by Crippen LogP contribution is 2.34. The number of nitrogen functional groups attached to an aromatic ring is 1. The molecule has 0 saturated carbocycles. The predicted octanol–water partition coefficient (Wildman–Crippen LogP) is 1.86. The summed E-state index contributed by atoms with van der Waals surface area (Å²) in [6.45, 7) is 4.94. The number of fused-ring (bicyclic) bond motifs is 2. The van der Waals surface area contributed by atoms with Gasteiger partial charge in [0, 0.05) is 37.4 Å². The Balaban J connectivity index is 1.56. The van der Waals surface area contributed by atoms with Gasteiger partial charge in [-0.05, 0) is 49.4 Å². The molecular formula is C16H23N3. The lowest BCUT2D eigenvalue weighted by Gasteiger charge is -2.36. The Morgan fingerprint density at radius 3 is 2.84 bits per heavy atom. The molecule has 0 radical (unpaired) electrons. The van der Waals surface area contributed by atoms with Crippen molar-refractivity contribution in [3.63, 3.8) is 0 Å². The molecule has 3 nitrogen and oxygen atoms in total.